The molecule has 0 bridgehead atoms. The number of aliphatic imine (C=N–C) groups is 1. The molecule has 0 saturated carbocycles. The third kappa shape index (κ3) is 2.54. The summed E-state index contributed by atoms with van der Waals surface area (Å²) in [5.41, 5.74) is 0.878. The number of carbonyl (C=O) groups is 1. The molecule has 0 aromatic heterocycles. The van der Waals surface area contributed by atoms with Crippen LogP contribution in [0.3, 0.4) is 0 Å². The standard InChI is InChI=1S/C9H9NO2/c1-12-9(11)10-7-8-5-3-2-4-6-8/h2-7H,1H3/b10-7+. The third-order valence-corrected chi connectivity index (χ3v) is 1.29. The van der Waals surface area contributed by atoms with Crippen LogP contribution in [0.1, 0.15) is 5.56 Å². The van der Waals surface area contributed by atoms with Gasteiger partial charge < -0.3 is 4.74 Å². The van der Waals surface area contributed by atoms with E-state index < -0.39 is 6.09 Å². The summed E-state index contributed by atoms with van der Waals surface area (Å²) in [5, 5.41) is 0. The lowest BCUT2D eigenvalue weighted by atomic mass is 10.2. The SMILES string of the molecule is COC(=O)/N=C/c1ccccc1. The Morgan fingerprint density at radius 2 is 2.08 bits per heavy atom. The zero-order valence-corrected chi connectivity index (χ0v) is 6.73. The molecule has 0 spiro atoms. The van der Waals surface area contributed by atoms with Crippen molar-refractivity contribution in [2.75, 3.05) is 7.11 Å². The number of benzene rings is 1. The third-order valence-electron chi connectivity index (χ3n) is 1.29. The molecule has 0 aliphatic carbocycles. The summed E-state index contributed by atoms with van der Waals surface area (Å²) in [5.74, 6) is 0. The minimum atomic E-state index is -0.584. The Balaban J connectivity index is 2.64. The van der Waals surface area contributed by atoms with Crippen molar-refractivity contribution < 1.29 is 9.53 Å². The predicted molar refractivity (Wildman–Crippen MR) is 46.4 cm³/mol. The maximum absolute atomic E-state index is 10.6. The second-order valence-corrected chi connectivity index (χ2v) is 2.14. The molecule has 0 aliphatic rings. The van der Waals surface area contributed by atoms with Crippen LogP contribution in [0, 0.1) is 0 Å². The zero-order valence-electron chi connectivity index (χ0n) is 6.73. The van der Waals surface area contributed by atoms with Gasteiger partial charge in [-0.05, 0) is 5.56 Å². The Bertz CT molecular complexity index is 280. The van der Waals surface area contributed by atoms with E-state index in [9.17, 15) is 4.79 Å². The largest absolute Gasteiger partial charge is 0.451 e. The highest BCUT2D eigenvalue weighted by Crippen LogP contribution is 1.94. The Kier molecular flexibility index (Phi) is 3.02. The van der Waals surface area contributed by atoms with Gasteiger partial charge in [0, 0.05) is 6.21 Å². The first kappa shape index (κ1) is 8.46. The number of hydrogen-bond acceptors (Lipinski definition) is 2. The summed E-state index contributed by atoms with van der Waals surface area (Å²) < 4.78 is 4.34. The smallest absolute Gasteiger partial charge is 0.433 e. The normalized spacial score (nSPS) is 10.1. The van der Waals surface area contributed by atoms with E-state index in [1.165, 1.54) is 13.3 Å². The van der Waals surface area contributed by atoms with E-state index in [0.29, 0.717) is 0 Å². The van der Waals surface area contributed by atoms with Crippen LogP contribution in [0.2, 0.25) is 0 Å². The first-order chi connectivity index (χ1) is 5.83. The van der Waals surface area contributed by atoms with Gasteiger partial charge in [-0.1, -0.05) is 30.3 Å². The van der Waals surface area contributed by atoms with Gasteiger partial charge in [-0.2, -0.15) is 4.99 Å². The van der Waals surface area contributed by atoms with Gasteiger partial charge in [0.05, 0.1) is 7.11 Å². The van der Waals surface area contributed by atoms with Crippen LogP contribution in [-0.2, 0) is 4.74 Å². The van der Waals surface area contributed by atoms with Gasteiger partial charge in [0.2, 0.25) is 0 Å². The maximum Gasteiger partial charge on any atom is 0.433 e. The van der Waals surface area contributed by atoms with Crippen molar-refractivity contribution in [2.24, 2.45) is 4.99 Å². The van der Waals surface area contributed by atoms with E-state index in [4.69, 9.17) is 0 Å². The molecule has 1 aromatic rings. The minimum Gasteiger partial charge on any atom is -0.451 e. The molecule has 1 rings (SSSR count). The first-order valence-corrected chi connectivity index (χ1v) is 3.50. The fraction of sp³-hybridized carbons (Fsp3) is 0.111. The Labute approximate surface area is 70.7 Å². The molecule has 0 radical (unpaired) electrons. The van der Waals surface area contributed by atoms with E-state index in [-0.39, 0.29) is 0 Å². The molecule has 3 nitrogen and oxygen atoms in total. The average Bonchev–Trinajstić information content (AvgIpc) is 2.16. The average molecular weight is 163 g/mol. The minimum absolute atomic E-state index is 0.584. The van der Waals surface area contributed by atoms with E-state index in [0.717, 1.165) is 5.56 Å². The van der Waals surface area contributed by atoms with Gasteiger partial charge in [0.25, 0.3) is 0 Å². The van der Waals surface area contributed by atoms with Gasteiger partial charge in [0.1, 0.15) is 0 Å². The topological polar surface area (TPSA) is 38.7 Å². The quantitative estimate of drug-likeness (QED) is 0.593. The summed E-state index contributed by atoms with van der Waals surface area (Å²) >= 11 is 0. The second-order valence-electron chi connectivity index (χ2n) is 2.14. The molecular formula is C9H9NO2. The molecule has 0 saturated heterocycles. The molecule has 0 heterocycles. The highest BCUT2D eigenvalue weighted by molar-refractivity contribution is 5.88. The molecule has 1 aromatic carbocycles. The first-order valence-electron chi connectivity index (χ1n) is 3.50. The lowest BCUT2D eigenvalue weighted by molar-refractivity contribution is 0.183. The van der Waals surface area contributed by atoms with Crippen LogP contribution in [0.15, 0.2) is 35.3 Å². The summed E-state index contributed by atoms with van der Waals surface area (Å²) in [6.07, 6.45) is 0.880. The van der Waals surface area contributed by atoms with Gasteiger partial charge >= 0.3 is 6.09 Å². The molecule has 12 heavy (non-hydrogen) atoms. The number of rotatable bonds is 1. The van der Waals surface area contributed by atoms with Crippen molar-refractivity contribution in [1.82, 2.24) is 0 Å². The summed E-state index contributed by atoms with van der Waals surface area (Å²) in [4.78, 5) is 14.1. The highest BCUT2D eigenvalue weighted by Gasteiger charge is 1.91. The molecule has 0 unspecified atom stereocenters. The van der Waals surface area contributed by atoms with Crippen molar-refractivity contribution in [2.45, 2.75) is 0 Å². The molecule has 3 heteroatoms. The lowest BCUT2D eigenvalue weighted by Gasteiger charge is -1.90. The van der Waals surface area contributed by atoms with Gasteiger partial charge in [-0.25, -0.2) is 4.79 Å². The zero-order chi connectivity index (χ0) is 8.81. The van der Waals surface area contributed by atoms with Crippen LogP contribution in [0.5, 0.6) is 0 Å². The van der Waals surface area contributed by atoms with Crippen LogP contribution >= 0.6 is 0 Å². The number of amides is 1. The van der Waals surface area contributed by atoms with Crippen LogP contribution in [-0.4, -0.2) is 19.4 Å². The lowest BCUT2D eigenvalue weighted by Crippen LogP contribution is -1.93. The second kappa shape index (κ2) is 4.28. The molecule has 0 N–H and O–H groups in total. The van der Waals surface area contributed by atoms with Crippen LogP contribution < -0.4 is 0 Å². The van der Waals surface area contributed by atoms with E-state index in [1.807, 2.05) is 30.3 Å². The highest BCUT2D eigenvalue weighted by atomic mass is 16.5. The molecular weight excluding hydrogens is 154 g/mol. The number of carbonyl (C=O) groups excluding carboxylic acids is 1. The van der Waals surface area contributed by atoms with Crippen LogP contribution in [0.25, 0.3) is 0 Å². The van der Waals surface area contributed by atoms with E-state index in [2.05, 4.69) is 9.73 Å². The molecule has 1 amide bonds. The monoisotopic (exact) mass is 163 g/mol. The summed E-state index contributed by atoms with van der Waals surface area (Å²) in [6, 6.07) is 9.35. The number of hydrogen-bond donors (Lipinski definition) is 0. The number of methoxy groups -OCH3 is 1. The van der Waals surface area contributed by atoms with Crippen molar-refractivity contribution in [3.05, 3.63) is 35.9 Å². The van der Waals surface area contributed by atoms with Crippen LogP contribution in [0.4, 0.5) is 4.79 Å². The Morgan fingerprint density at radius 3 is 2.67 bits per heavy atom. The Morgan fingerprint density at radius 1 is 1.42 bits per heavy atom. The number of ether oxygens (including phenoxy) is 1. The van der Waals surface area contributed by atoms with E-state index >= 15 is 0 Å². The Hall–Kier alpha value is -1.64. The van der Waals surface area contributed by atoms with Gasteiger partial charge in [-0.15, -0.1) is 0 Å². The predicted octanol–water partition coefficient (Wildman–Crippen LogP) is 1.87. The molecule has 0 fully saturated rings. The fourth-order valence-electron chi connectivity index (χ4n) is 0.719. The van der Waals surface area contributed by atoms with Crippen molar-refractivity contribution in [1.29, 1.82) is 0 Å². The summed E-state index contributed by atoms with van der Waals surface area (Å²) in [7, 11) is 1.30. The van der Waals surface area contributed by atoms with Gasteiger partial charge in [-0.3, -0.25) is 0 Å². The van der Waals surface area contributed by atoms with Crippen molar-refractivity contribution in [3.63, 3.8) is 0 Å². The van der Waals surface area contributed by atoms with Crippen molar-refractivity contribution >= 4 is 12.3 Å². The molecule has 0 atom stereocenters. The molecule has 62 valence electrons. The number of nitrogens with zero attached hydrogens (tertiary/aromatic N) is 1. The maximum atomic E-state index is 10.6. The summed E-state index contributed by atoms with van der Waals surface area (Å²) in [6.45, 7) is 0. The van der Waals surface area contributed by atoms with E-state index in [1.54, 1.807) is 0 Å². The fourth-order valence-corrected chi connectivity index (χ4v) is 0.719. The van der Waals surface area contributed by atoms with Gasteiger partial charge in [0.15, 0.2) is 0 Å². The van der Waals surface area contributed by atoms with Crippen molar-refractivity contribution in [3.8, 4) is 0 Å². The molecule has 0 aliphatic heterocycles.